The van der Waals surface area contributed by atoms with Crippen LogP contribution in [0.4, 0.5) is 32.0 Å². The molecule has 4 aromatic rings. The number of thiophene rings is 1. The molecule has 0 fully saturated rings. The van der Waals surface area contributed by atoms with Gasteiger partial charge in [-0.05, 0) is 23.8 Å². The second-order valence-electron chi connectivity index (χ2n) is 7.01. The van der Waals surface area contributed by atoms with E-state index >= 15 is 0 Å². The zero-order valence-electron chi connectivity index (χ0n) is 16.9. The molecule has 1 N–H and O–H groups in total. The second kappa shape index (κ2) is 8.93. The summed E-state index contributed by atoms with van der Waals surface area (Å²) in [7, 11) is 0. The van der Waals surface area contributed by atoms with Crippen LogP contribution in [0.25, 0.3) is 21.3 Å². The number of amides is 1. The molecule has 2 aromatic carbocycles. The third-order valence-electron chi connectivity index (χ3n) is 4.63. The van der Waals surface area contributed by atoms with Crippen molar-refractivity contribution in [3.63, 3.8) is 0 Å². The lowest BCUT2D eigenvalue weighted by atomic mass is 10.1. The Morgan fingerprint density at radius 2 is 1.59 bits per heavy atom. The SMILES string of the molecule is O=C(COc1ncnc2scc(-c3ccccc3)c12)Nc1cc(C(F)(F)F)cc(C(F)(F)F)c1. The van der Waals surface area contributed by atoms with Gasteiger partial charge in [0.1, 0.15) is 11.2 Å². The first-order chi connectivity index (χ1) is 16.0. The van der Waals surface area contributed by atoms with Crippen LogP contribution in [0.15, 0.2) is 60.2 Å². The van der Waals surface area contributed by atoms with Crippen LogP contribution in [0, 0.1) is 0 Å². The zero-order valence-corrected chi connectivity index (χ0v) is 17.7. The van der Waals surface area contributed by atoms with Gasteiger partial charge in [0.2, 0.25) is 5.88 Å². The lowest BCUT2D eigenvalue weighted by Gasteiger charge is -2.15. The Kier molecular flexibility index (Phi) is 6.17. The Labute approximate surface area is 192 Å². The maximum absolute atomic E-state index is 13.0. The van der Waals surface area contributed by atoms with Crippen LogP contribution >= 0.6 is 11.3 Å². The maximum atomic E-state index is 13.0. The standard InChI is InChI=1S/C22H13F6N3O2S/c23-21(24,25)13-6-14(22(26,27)28)8-15(7-13)31-17(32)9-33-19-18-16(12-4-2-1-3-5-12)10-34-20(18)30-11-29-19/h1-8,10-11H,9H2,(H,31,32). The molecule has 0 aliphatic carbocycles. The number of hydrogen-bond donors (Lipinski definition) is 1. The van der Waals surface area contributed by atoms with Crippen molar-refractivity contribution in [3.8, 4) is 17.0 Å². The average molecular weight is 497 g/mol. The topological polar surface area (TPSA) is 64.1 Å². The Morgan fingerprint density at radius 1 is 0.941 bits per heavy atom. The molecule has 176 valence electrons. The first-order valence-corrected chi connectivity index (χ1v) is 10.4. The van der Waals surface area contributed by atoms with Gasteiger partial charge in [0, 0.05) is 16.6 Å². The van der Waals surface area contributed by atoms with Crippen LogP contribution in [-0.4, -0.2) is 22.5 Å². The van der Waals surface area contributed by atoms with Gasteiger partial charge in [0.25, 0.3) is 5.91 Å². The molecule has 1 amide bonds. The largest absolute Gasteiger partial charge is 0.467 e. The van der Waals surface area contributed by atoms with Crippen LogP contribution in [0.5, 0.6) is 5.88 Å². The molecule has 4 rings (SSSR count). The van der Waals surface area contributed by atoms with Gasteiger partial charge in [-0.2, -0.15) is 26.3 Å². The Balaban J connectivity index is 1.56. The number of aromatic nitrogens is 2. The van der Waals surface area contributed by atoms with Gasteiger partial charge in [-0.1, -0.05) is 30.3 Å². The van der Waals surface area contributed by atoms with Gasteiger partial charge in [0.05, 0.1) is 16.5 Å². The highest BCUT2D eigenvalue weighted by Crippen LogP contribution is 2.38. The van der Waals surface area contributed by atoms with E-state index < -0.39 is 41.7 Å². The molecule has 0 saturated carbocycles. The summed E-state index contributed by atoms with van der Waals surface area (Å²) in [4.78, 5) is 21.1. The number of halogens is 6. The molecule has 0 unspecified atom stereocenters. The molecular formula is C22H13F6N3O2S. The number of benzene rings is 2. The summed E-state index contributed by atoms with van der Waals surface area (Å²) in [6, 6.07) is 10.0. The summed E-state index contributed by atoms with van der Waals surface area (Å²) in [5.41, 5.74) is -2.14. The lowest BCUT2D eigenvalue weighted by Crippen LogP contribution is -2.21. The van der Waals surface area contributed by atoms with E-state index in [4.69, 9.17) is 4.74 Å². The number of fused-ring (bicyclic) bond motifs is 1. The van der Waals surface area contributed by atoms with Crippen LogP contribution < -0.4 is 10.1 Å². The minimum absolute atomic E-state index is 0.0224. The van der Waals surface area contributed by atoms with Gasteiger partial charge in [-0.3, -0.25) is 4.79 Å². The summed E-state index contributed by atoms with van der Waals surface area (Å²) in [6.07, 6.45) is -8.84. The molecule has 2 aromatic heterocycles. The maximum Gasteiger partial charge on any atom is 0.416 e. The highest BCUT2D eigenvalue weighted by atomic mass is 32.1. The van der Waals surface area contributed by atoms with E-state index in [-0.39, 0.29) is 11.9 Å². The minimum atomic E-state index is -5.03. The van der Waals surface area contributed by atoms with Crippen molar-refractivity contribution in [3.05, 3.63) is 71.4 Å². The molecule has 34 heavy (non-hydrogen) atoms. The van der Waals surface area contributed by atoms with E-state index in [0.717, 1.165) is 11.1 Å². The van der Waals surface area contributed by atoms with E-state index in [1.165, 1.54) is 17.7 Å². The van der Waals surface area contributed by atoms with Gasteiger partial charge in [-0.25, -0.2) is 9.97 Å². The van der Waals surface area contributed by atoms with Crippen molar-refractivity contribution in [1.29, 1.82) is 0 Å². The fraction of sp³-hybridized carbons (Fsp3) is 0.136. The third kappa shape index (κ3) is 5.11. The molecule has 0 aliphatic rings. The summed E-state index contributed by atoms with van der Waals surface area (Å²) in [6.45, 7) is -0.701. The van der Waals surface area contributed by atoms with Crippen molar-refractivity contribution in [2.75, 3.05) is 11.9 Å². The quantitative estimate of drug-likeness (QED) is 0.324. The first-order valence-electron chi connectivity index (χ1n) is 9.52. The van der Waals surface area contributed by atoms with E-state index in [1.807, 2.05) is 41.0 Å². The number of carbonyl (C=O) groups excluding carboxylic acids is 1. The molecule has 0 saturated heterocycles. The fourth-order valence-electron chi connectivity index (χ4n) is 3.15. The van der Waals surface area contributed by atoms with E-state index in [9.17, 15) is 31.1 Å². The molecule has 0 spiro atoms. The Bertz CT molecular complexity index is 1300. The number of alkyl halides is 6. The average Bonchev–Trinajstić information content (AvgIpc) is 3.22. The predicted molar refractivity (Wildman–Crippen MR) is 113 cm³/mol. The second-order valence-corrected chi connectivity index (χ2v) is 7.86. The summed E-state index contributed by atoms with van der Waals surface area (Å²) < 4.78 is 83.6. The van der Waals surface area contributed by atoms with Gasteiger partial charge in [0.15, 0.2) is 6.61 Å². The number of hydrogen-bond acceptors (Lipinski definition) is 5. The fourth-order valence-corrected chi connectivity index (χ4v) is 4.05. The Hall–Kier alpha value is -3.67. The number of anilines is 1. The third-order valence-corrected chi connectivity index (χ3v) is 5.52. The first kappa shape index (κ1) is 23.5. The lowest BCUT2D eigenvalue weighted by molar-refractivity contribution is -0.143. The molecule has 0 aliphatic heterocycles. The van der Waals surface area contributed by atoms with E-state index in [0.29, 0.717) is 22.3 Å². The minimum Gasteiger partial charge on any atom is -0.467 e. The van der Waals surface area contributed by atoms with Crippen LogP contribution in [0.1, 0.15) is 11.1 Å². The van der Waals surface area contributed by atoms with Crippen molar-refractivity contribution < 1.29 is 35.9 Å². The molecule has 0 radical (unpaired) electrons. The molecule has 0 atom stereocenters. The number of nitrogens with one attached hydrogen (secondary N) is 1. The van der Waals surface area contributed by atoms with Crippen molar-refractivity contribution in [2.45, 2.75) is 12.4 Å². The Morgan fingerprint density at radius 3 is 2.21 bits per heavy atom. The number of carbonyl (C=O) groups is 1. The number of ether oxygens (including phenoxy) is 1. The number of nitrogens with zero attached hydrogens (tertiary/aromatic N) is 2. The van der Waals surface area contributed by atoms with Crippen molar-refractivity contribution in [1.82, 2.24) is 9.97 Å². The van der Waals surface area contributed by atoms with Crippen LogP contribution in [-0.2, 0) is 17.1 Å². The van der Waals surface area contributed by atoms with E-state index in [1.54, 1.807) is 0 Å². The predicted octanol–water partition coefficient (Wildman–Crippen LogP) is 6.41. The highest BCUT2D eigenvalue weighted by molar-refractivity contribution is 7.17. The smallest absolute Gasteiger partial charge is 0.416 e. The summed E-state index contributed by atoms with van der Waals surface area (Å²) in [5.74, 6) is -0.907. The normalized spacial score (nSPS) is 12.1. The van der Waals surface area contributed by atoms with Crippen molar-refractivity contribution >= 4 is 33.1 Å². The van der Waals surface area contributed by atoms with Gasteiger partial charge >= 0.3 is 12.4 Å². The van der Waals surface area contributed by atoms with Crippen LogP contribution in [0.2, 0.25) is 0 Å². The molecular weight excluding hydrogens is 484 g/mol. The highest BCUT2D eigenvalue weighted by Gasteiger charge is 2.37. The van der Waals surface area contributed by atoms with Crippen LogP contribution in [0.3, 0.4) is 0 Å². The molecule has 0 bridgehead atoms. The zero-order chi connectivity index (χ0) is 24.5. The molecule has 5 nitrogen and oxygen atoms in total. The summed E-state index contributed by atoms with van der Waals surface area (Å²) in [5, 5.41) is 4.39. The monoisotopic (exact) mass is 497 g/mol. The van der Waals surface area contributed by atoms with Gasteiger partial charge in [-0.15, -0.1) is 11.3 Å². The van der Waals surface area contributed by atoms with Gasteiger partial charge < -0.3 is 10.1 Å². The van der Waals surface area contributed by atoms with E-state index in [2.05, 4.69) is 9.97 Å². The molecule has 12 heteroatoms. The summed E-state index contributed by atoms with van der Waals surface area (Å²) >= 11 is 1.32. The van der Waals surface area contributed by atoms with Crippen molar-refractivity contribution in [2.24, 2.45) is 0 Å². The molecule has 2 heterocycles. The number of rotatable bonds is 5.